The zero-order valence-electron chi connectivity index (χ0n) is 10.9. The van der Waals surface area contributed by atoms with E-state index in [1.165, 1.54) is 0 Å². The molecule has 0 spiro atoms. The first kappa shape index (κ1) is 13.1. The van der Waals surface area contributed by atoms with Crippen LogP contribution in [-0.4, -0.2) is 11.9 Å². The lowest BCUT2D eigenvalue weighted by Gasteiger charge is -2.11. The van der Waals surface area contributed by atoms with Gasteiger partial charge in [-0.05, 0) is 30.7 Å². The highest BCUT2D eigenvalue weighted by Crippen LogP contribution is 2.37. The molecule has 0 saturated heterocycles. The first-order chi connectivity index (χ1) is 9.63. The van der Waals surface area contributed by atoms with Crippen molar-refractivity contribution in [3.05, 3.63) is 45.9 Å². The van der Waals surface area contributed by atoms with Gasteiger partial charge in [-0.3, -0.25) is 0 Å². The molecule has 0 atom stereocenters. The molecular weight excluding hydrogens is 322 g/mol. The molecule has 3 rings (SSSR count). The van der Waals surface area contributed by atoms with Crippen molar-refractivity contribution < 1.29 is 14.6 Å². The maximum absolute atomic E-state index is 9.99. The molecule has 1 aliphatic heterocycles. The third-order valence-electron chi connectivity index (χ3n) is 3.24. The van der Waals surface area contributed by atoms with E-state index in [2.05, 4.69) is 21.2 Å². The van der Waals surface area contributed by atoms with E-state index in [1.54, 1.807) is 12.1 Å². The number of ether oxygens (including phenoxy) is 2. The maximum Gasteiger partial charge on any atom is 0.231 e. The first-order valence-corrected chi connectivity index (χ1v) is 7.04. The summed E-state index contributed by atoms with van der Waals surface area (Å²) in [6.07, 6.45) is 0. The second-order valence-electron chi connectivity index (χ2n) is 4.65. The zero-order valence-corrected chi connectivity index (χ0v) is 12.5. The van der Waals surface area contributed by atoms with Gasteiger partial charge in [-0.15, -0.1) is 0 Å². The van der Waals surface area contributed by atoms with E-state index in [9.17, 15) is 5.11 Å². The number of phenolic OH excluding ortho intramolecular Hbond substituents is 1. The molecule has 0 bridgehead atoms. The molecule has 5 heteroatoms. The number of hydrogen-bond donors (Lipinski definition) is 2. The maximum atomic E-state index is 9.99. The molecular formula is C15H14BrNO3. The fourth-order valence-corrected chi connectivity index (χ4v) is 2.45. The number of rotatable bonds is 3. The Hall–Kier alpha value is -1.88. The van der Waals surface area contributed by atoms with E-state index in [4.69, 9.17) is 9.47 Å². The molecule has 0 aliphatic carbocycles. The smallest absolute Gasteiger partial charge is 0.231 e. The quantitative estimate of drug-likeness (QED) is 0.895. The summed E-state index contributed by atoms with van der Waals surface area (Å²) < 4.78 is 11.6. The molecule has 20 heavy (non-hydrogen) atoms. The average molecular weight is 336 g/mol. The standard InChI is InChI=1S/C15H14BrNO3/c1-9-2-3-11(16)5-12(9)17-7-10-4-14-15(6-13(10)18)20-8-19-14/h2-6,17-18H,7-8H2,1H3. The van der Waals surface area contributed by atoms with Crippen molar-refractivity contribution in [2.75, 3.05) is 12.1 Å². The van der Waals surface area contributed by atoms with Crippen molar-refractivity contribution in [1.82, 2.24) is 0 Å². The van der Waals surface area contributed by atoms with Crippen molar-refractivity contribution in [2.24, 2.45) is 0 Å². The monoisotopic (exact) mass is 335 g/mol. The average Bonchev–Trinajstić information content (AvgIpc) is 2.86. The van der Waals surface area contributed by atoms with Gasteiger partial charge in [0.2, 0.25) is 6.79 Å². The summed E-state index contributed by atoms with van der Waals surface area (Å²) in [5.74, 6) is 1.46. The Labute approximate surface area is 125 Å². The number of halogens is 1. The van der Waals surface area contributed by atoms with Gasteiger partial charge < -0.3 is 19.9 Å². The minimum absolute atomic E-state index is 0.203. The predicted octanol–water partition coefficient (Wildman–Crippen LogP) is 3.80. The molecule has 2 aromatic carbocycles. The lowest BCUT2D eigenvalue weighted by atomic mass is 10.1. The van der Waals surface area contributed by atoms with Gasteiger partial charge in [-0.25, -0.2) is 0 Å². The molecule has 104 valence electrons. The van der Waals surface area contributed by atoms with Crippen molar-refractivity contribution >= 4 is 21.6 Å². The predicted molar refractivity (Wildman–Crippen MR) is 80.4 cm³/mol. The van der Waals surface area contributed by atoms with Gasteiger partial charge in [-0.1, -0.05) is 22.0 Å². The van der Waals surface area contributed by atoms with Crippen LogP contribution in [-0.2, 0) is 6.54 Å². The van der Waals surface area contributed by atoms with Crippen LogP contribution in [0.15, 0.2) is 34.8 Å². The number of aromatic hydroxyl groups is 1. The summed E-state index contributed by atoms with van der Waals surface area (Å²) in [4.78, 5) is 0. The fraction of sp³-hybridized carbons (Fsp3) is 0.200. The highest BCUT2D eigenvalue weighted by atomic mass is 79.9. The van der Waals surface area contributed by atoms with Gasteiger partial charge >= 0.3 is 0 Å². The number of nitrogens with one attached hydrogen (secondary N) is 1. The van der Waals surface area contributed by atoms with Gasteiger partial charge in [0.1, 0.15) is 5.75 Å². The normalized spacial score (nSPS) is 12.5. The Bertz CT molecular complexity index is 658. The van der Waals surface area contributed by atoms with Gasteiger partial charge in [0.15, 0.2) is 11.5 Å². The number of hydrogen-bond acceptors (Lipinski definition) is 4. The van der Waals surface area contributed by atoms with Crippen molar-refractivity contribution in [3.8, 4) is 17.2 Å². The van der Waals surface area contributed by atoms with Crippen LogP contribution in [0.4, 0.5) is 5.69 Å². The van der Waals surface area contributed by atoms with E-state index in [0.29, 0.717) is 18.0 Å². The Kier molecular flexibility index (Phi) is 3.44. The van der Waals surface area contributed by atoms with Gasteiger partial charge in [0.25, 0.3) is 0 Å². The molecule has 2 N–H and O–H groups in total. The van der Waals surface area contributed by atoms with Gasteiger partial charge in [-0.2, -0.15) is 0 Å². The molecule has 0 aromatic heterocycles. The summed E-state index contributed by atoms with van der Waals surface area (Å²) >= 11 is 3.45. The van der Waals surface area contributed by atoms with Crippen LogP contribution >= 0.6 is 15.9 Å². The topological polar surface area (TPSA) is 50.7 Å². The summed E-state index contributed by atoms with van der Waals surface area (Å²) in [6.45, 7) is 2.75. The fourth-order valence-electron chi connectivity index (χ4n) is 2.09. The number of aryl methyl sites for hydroxylation is 1. The molecule has 0 saturated carbocycles. The zero-order chi connectivity index (χ0) is 14.1. The van der Waals surface area contributed by atoms with E-state index >= 15 is 0 Å². The third kappa shape index (κ3) is 2.54. The first-order valence-electron chi connectivity index (χ1n) is 6.25. The highest BCUT2D eigenvalue weighted by Gasteiger charge is 2.16. The van der Waals surface area contributed by atoms with Gasteiger partial charge in [0, 0.05) is 28.3 Å². The summed E-state index contributed by atoms with van der Waals surface area (Å²) in [5.41, 5.74) is 2.94. The van der Waals surface area contributed by atoms with E-state index < -0.39 is 0 Å². The SMILES string of the molecule is Cc1ccc(Br)cc1NCc1cc2c(cc1O)OCO2. The van der Waals surface area contributed by atoms with Crippen molar-refractivity contribution in [1.29, 1.82) is 0 Å². The summed E-state index contributed by atoms with van der Waals surface area (Å²) in [6, 6.07) is 9.44. The van der Waals surface area contributed by atoms with Crippen molar-refractivity contribution in [2.45, 2.75) is 13.5 Å². The number of phenols is 1. The summed E-state index contributed by atoms with van der Waals surface area (Å²) in [7, 11) is 0. The van der Waals surface area contributed by atoms with Crippen LogP contribution in [0.25, 0.3) is 0 Å². The van der Waals surface area contributed by atoms with Crippen molar-refractivity contribution in [3.63, 3.8) is 0 Å². The van der Waals surface area contributed by atoms with E-state index in [1.807, 2.05) is 25.1 Å². The minimum atomic E-state index is 0.203. The van der Waals surface area contributed by atoms with E-state index in [0.717, 1.165) is 21.3 Å². The van der Waals surface area contributed by atoms with E-state index in [-0.39, 0.29) is 12.5 Å². The Balaban J connectivity index is 1.80. The van der Waals surface area contributed by atoms with Gasteiger partial charge in [0.05, 0.1) is 0 Å². The molecule has 2 aromatic rings. The second-order valence-corrected chi connectivity index (χ2v) is 5.56. The molecule has 1 aliphatic rings. The summed E-state index contributed by atoms with van der Waals surface area (Å²) in [5, 5.41) is 13.3. The third-order valence-corrected chi connectivity index (χ3v) is 3.74. The number of benzene rings is 2. The molecule has 0 radical (unpaired) electrons. The second kappa shape index (κ2) is 5.25. The number of anilines is 1. The van der Waals surface area contributed by atoms with Crippen LogP contribution < -0.4 is 14.8 Å². The largest absolute Gasteiger partial charge is 0.507 e. The Morgan fingerprint density at radius 1 is 1.20 bits per heavy atom. The Morgan fingerprint density at radius 3 is 2.75 bits per heavy atom. The molecule has 0 amide bonds. The number of fused-ring (bicyclic) bond motifs is 1. The van der Waals surface area contributed by atoms with Crippen LogP contribution in [0.5, 0.6) is 17.2 Å². The minimum Gasteiger partial charge on any atom is -0.507 e. The lowest BCUT2D eigenvalue weighted by molar-refractivity contribution is 0.174. The highest BCUT2D eigenvalue weighted by molar-refractivity contribution is 9.10. The van der Waals surface area contributed by atoms with Crippen LogP contribution in [0.1, 0.15) is 11.1 Å². The molecule has 4 nitrogen and oxygen atoms in total. The molecule has 1 heterocycles. The van der Waals surface area contributed by atoms with Crippen LogP contribution in [0, 0.1) is 6.92 Å². The van der Waals surface area contributed by atoms with Crippen LogP contribution in [0.3, 0.4) is 0 Å². The van der Waals surface area contributed by atoms with Crippen LogP contribution in [0.2, 0.25) is 0 Å². The lowest BCUT2D eigenvalue weighted by Crippen LogP contribution is -2.01. The molecule has 0 fully saturated rings. The Morgan fingerprint density at radius 2 is 1.95 bits per heavy atom. The molecule has 0 unspecified atom stereocenters.